The summed E-state index contributed by atoms with van der Waals surface area (Å²) < 4.78 is 0. The SMILES string of the molecule is CCN(CCC(=O)Nc1cc(Cl)ccc1C)Cc1ccccc1. The van der Waals surface area contributed by atoms with E-state index >= 15 is 0 Å². The normalized spacial score (nSPS) is 10.8. The van der Waals surface area contributed by atoms with Gasteiger partial charge in [0.25, 0.3) is 0 Å². The summed E-state index contributed by atoms with van der Waals surface area (Å²) in [6.45, 7) is 6.58. The van der Waals surface area contributed by atoms with Gasteiger partial charge in [0.05, 0.1) is 0 Å². The predicted molar refractivity (Wildman–Crippen MR) is 96.8 cm³/mol. The molecule has 0 aliphatic heterocycles. The van der Waals surface area contributed by atoms with Gasteiger partial charge in [-0.1, -0.05) is 54.9 Å². The lowest BCUT2D eigenvalue weighted by atomic mass is 10.2. The minimum atomic E-state index is 0.0156. The monoisotopic (exact) mass is 330 g/mol. The molecule has 0 unspecified atom stereocenters. The summed E-state index contributed by atoms with van der Waals surface area (Å²) in [6, 6.07) is 15.8. The molecule has 0 aliphatic carbocycles. The van der Waals surface area contributed by atoms with E-state index in [1.54, 1.807) is 6.07 Å². The lowest BCUT2D eigenvalue weighted by molar-refractivity contribution is -0.116. The number of carbonyl (C=O) groups excluding carboxylic acids is 1. The van der Waals surface area contributed by atoms with Crippen LogP contribution in [0, 0.1) is 6.92 Å². The third kappa shape index (κ3) is 5.70. The van der Waals surface area contributed by atoms with Crippen molar-refractivity contribution in [1.82, 2.24) is 4.90 Å². The largest absolute Gasteiger partial charge is 0.326 e. The lowest BCUT2D eigenvalue weighted by Crippen LogP contribution is -2.27. The quantitative estimate of drug-likeness (QED) is 0.810. The highest BCUT2D eigenvalue weighted by atomic mass is 35.5. The first-order valence-electron chi connectivity index (χ1n) is 7.90. The maximum Gasteiger partial charge on any atom is 0.225 e. The molecule has 0 bridgehead atoms. The first kappa shape index (κ1) is 17.5. The Labute approximate surface area is 143 Å². The van der Waals surface area contributed by atoms with E-state index in [1.807, 2.05) is 37.3 Å². The predicted octanol–water partition coefficient (Wildman–Crippen LogP) is 4.50. The summed E-state index contributed by atoms with van der Waals surface area (Å²) >= 11 is 5.98. The highest BCUT2D eigenvalue weighted by Gasteiger charge is 2.09. The van der Waals surface area contributed by atoms with E-state index in [9.17, 15) is 4.79 Å². The maximum absolute atomic E-state index is 12.2. The van der Waals surface area contributed by atoms with Gasteiger partial charge in [-0.2, -0.15) is 0 Å². The van der Waals surface area contributed by atoms with Gasteiger partial charge in [-0.15, -0.1) is 0 Å². The maximum atomic E-state index is 12.2. The zero-order valence-electron chi connectivity index (χ0n) is 13.7. The van der Waals surface area contributed by atoms with Crippen LogP contribution in [0.25, 0.3) is 0 Å². The smallest absolute Gasteiger partial charge is 0.225 e. The molecule has 0 heterocycles. The zero-order chi connectivity index (χ0) is 16.7. The summed E-state index contributed by atoms with van der Waals surface area (Å²) in [5.41, 5.74) is 3.06. The van der Waals surface area contributed by atoms with Crippen LogP contribution in [0.1, 0.15) is 24.5 Å². The number of hydrogen-bond acceptors (Lipinski definition) is 2. The summed E-state index contributed by atoms with van der Waals surface area (Å²) in [6.07, 6.45) is 0.465. The summed E-state index contributed by atoms with van der Waals surface area (Å²) in [7, 11) is 0. The van der Waals surface area contributed by atoms with Crippen LogP contribution in [0.3, 0.4) is 0 Å². The van der Waals surface area contributed by atoms with Gasteiger partial charge in [-0.3, -0.25) is 9.69 Å². The molecule has 2 aromatic rings. The van der Waals surface area contributed by atoms with Crippen molar-refractivity contribution in [3.63, 3.8) is 0 Å². The van der Waals surface area contributed by atoms with Gasteiger partial charge in [0, 0.05) is 30.2 Å². The molecule has 0 atom stereocenters. The molecule has 2 rings (SSSR count). The zero-order valence-corrected chi connectivity index (χ0v) is 14.4. The summed E-state index contributed by atoms with van der Waals surface area (Å²) in [5, 5.41) is 3.57. The summed E-state index contributed by atoms with van der Waals surface area (Å²) in [4.78, 5) is 14.4. The third-order valence-electron chi connectivity index (χ3n) is 3.83. The molecular formula is C19H23ClN2O. The Morgan fingerprint density at radius 2 is 1.91 bits per heavy atom. The molecule has 0 spiro atoms. The van der Waals surface area contributed by atoms with Gasteiger partial charge >= 0.3 is 0 Å². The van der Waals surface area contributed by atoms with Gasteiger partial charge < -0.3 is 5.32 Å². The number of anilines is 1. The fourth-order valence-corrected chi connectivity index (χ4v) is 2.56. The number of carbonyl (C=O) groups is 1. The number of hydrogen-bond donors (Lipinski definition) is 1. The highest BCUT2D eigenvalue weighted by Crippen LogP contribution is 2.20. The average molecular weight is 331 g/mol. The van der Waals surface area contributed by atoms with E-state index in [1.165, 1.54) is 5.56 Å². The Hall–Kier alpha value is -1.84. The second kappa shape index (κ2) is 8.70. The Morgan fingerprint density at radius 3 is 2.61 bits per heavy atom. The third-order valence-corrected chi connectivity index (χ3v) is 4.06. The first-order chi connectivity index (χ1) is 11.1. The van der Waals surface area contributed by atoms with E-state index in [4.69, 9.17) is 11.6 Å². The Kier molecular flexibility index (Phi) is 6.63. The number of nitrogens with one attached hydrogen (secondary N) is 1. The molecule has 0 fully saturated rings. The second-order valence-corrected chi connectivity index (χ2v) is 6.05. The molecule has 0 saturated carbocycles. The van der Waals surface area contributed by atoms with Crippen LogP contribution in [0.2, 0.25) is 5.02 Å². The topological polar surface area (TPSA) is 32.3 Å². The highest BCUT2D eigenvalue weighted by molar-refractivity contribution is 6.31. The molecule has 0 radical (unpaired) electrons. The molecule has 4 heteroatoms. The van der Waals surface area contributed by atoms with Crippen LogP contribution in [0.4, 0.5) is 5.69 Å². The molecule has 0 saturated heterocycles. The second-order valence-electron chi connectivity index (χ2n) is 5.61. The van der Waals surface area contributed by atoms with E-state index in [-0.39, 0.29) is 5.91 Å². The van der Waals surface area contributed by atoms with E-state index in [0.29, 0.717) is 11.4 Å². The number of rotatable bonds is 7. The molecule has 23 heavy (non-hydrogen) atoms. The molecule has 122 valence electrons. The van der Waals surface area contributed by atoms with Crippen LogP contribution < -0.4 is 5.32 Å². The number of nitrogens with zero attached hydrogens (tertiary/aromatic N) is 1. The van der Waals surface area contributed by atoms with Crippen molar-refractivity contribution in [1.29, 1.82) is 0 Å². The fourth-order valence-electron chi connectivity index (χ4n) is 2.39. The lowest BCUT2D eigenvalue weighted by Gasteiger charge is -2.20. The molecule has 1 N–H and O–H groups in total. The van der Waals surface area contributed by atoms with Crippen molar-refractivity contribution in [2.75, 3.05) is 18.4 Å². The minimum absolute atomic E-state index is 0.0156. The summed E-state index contributed by atoms with van der Waals surface area (Å²) in [5.74, 6) is 0.0156. The minimum Gasteiger partial charge on any atom is -0.326 e. The number of benzene rings is 2. The Bertz CT molecular complexity index is 643. The van der Waals surface area contributed by atoms with Crippen molar-refractivity contribution < 1.29 is 4.79 Å². The van der Waals surface area contributed by atoms with Crippen molar-refractivity contribution >= 4 is 23.2 Å². The van der Waals surface area contributed by atoms with Crippen LogP contribution in [-0.2, 0) is 11.3 Å². The molecule has 1 amide bonds. The van der Waals surface area contributed by atoms with Crippen molar-refractivity contribution in [3.05, 3.63) is 64.7 Å². The van der Waals surface area contributed by atoms with Gasteiger partial charge in [0.1, 0.15) is 0 Å². The number of aryl methyl sites for hydroxylation is 1. The van der Waals surface area contributed by atoms with Crippen molar-refractivity contribution in [2.24, 2.45) is 0 Å². The van der Waals surface area contributed by atoms with Crippen LogP contribution in [-0.4, -0.2) is 23.9 Å². The molecule has 0 aliphatic rings. The molecule has 2 aromatic carbocycles. The Balaban J connectivity index is 1.86. The molecule has 0 aromatic heterocycles. The van der Waals surface area contributed by atoms with E-state index in [0.717, 1.165) is 30.9 Å². The van der Waals surface area contributed by atoms with Gasteiger partial charge in [0.15, 0.2) is 0 Å². The van der Waals surface area contributed by atoms with Crippen LogP contribution in [0.15, 0.2) is 48.5 Å². The van der Waals surface area contributed by atoms with E-state index in [2.05, 4.69) is 29.3 Å². The number of amides is 1. The van der Waals surface area contributed by atoms with Gasteiger partial charge in [-0.25, -0.2) is 0 Å². The van der Waals surface area contributed by atoms with Crippen LogP contribution >= 0.6 is 11.6 Å². The van der Waals surface area contributed by atoms with Crippen molar-refractivity contribution in [2.45, 2.75) is 26.8 Å². The average Bonchev–Trinajstić information content (AvgIpc) is 2.56. The molecule has 3 nitrogen and oxygen atoms in total. The van der Waals surface area contributed by atoms with Crippen molar-refractivity contribution in [3.8, 4) is 0 Å². The fraction of sp³-hybridized carbons (Fsp3) is 0.316. The van der Waals surface area contributed by atoms with Gasteiger partial charge in [0.2, 0.25) is 5.91 Å². The van der Waals surface area contributed by atoms with Gasteiger partial charge in [-0.05, 0) is 36.7 Å². The standard InChI is InChI=1S/C19H23ClN2O/c1-3-22(14-16-7-5-4-6-8-16)12-11-19(23)21-18-13-17(20)10-9-15(18)2/h4-10,13H,3,11-12,14H2,1-2H3,(H,21,23). The Morgan fingerprint density at radius 1 is 1.17 bits per heavy atom. The molecular weight excluding hydrogens is 308 g/mol. The number of halogens is 1. The van der Waals surface area contributed by atoms with E-state index < -0.39 is 0 Å². The van der Waals surface area contributed by atoms with Crippen LogP contribution in [0.5, 0.6) is 0 Å². The first-order valence-corrected chi connectivity index (χ1v) is 8.28.